The summed E-state index contributed by atoms with van der Waals surface area (Å²) >= 11 is 3.47. The highest BCUT2D eigenvalue weighted by Gasteiger charge is 2.03. The minimum Gasteiger partial charge on any atom is -0.324 e. The van der Waals surface area contributed by atoms with Gasteiger partial charge >= 0.3 is 0 Å². The van der Waals surface area contributed by atoms with Crippen molar-refractivity contribution in [3.8, 4) is 0 Å². The fourth-order valence-electron chi connectivity index (χ4n) is 1.38. The Kier molecular flexibility index (Phi) is 2.97. The zero-order valence-corrected chi connectivity index (χ0v) is 9.52. The normalized spacial score (nSPS) is 10.2. The van der Waals surface area contributed by atoms with Crippen LogP contribution in [0.2, 0.25) is 0 Å². The van der Waals surface area contributed by atoms with Crippen LogP contribution in [0.1, 0.15) is 16.2 Å². The van der Waals surface area contributed by atoms with Gasteiger partial charge in [-0.3, -0.25) is 4.79 Å². The molecule has 0 aliphatic carbocycles. The van der Waals surface area contributed by atoms with Crippen molar-refractivity contribution in [1.29, 1.82) is 0 Å². The van der Waals surface area contributed by atoms with Crippen LogP contribution < -0.4 is 0 Å². The second-order valence-corrected chi connectivity index (χ2v) is 3.98. The molecule has 0 atom stereocenters. The zero-order chi connectivity index (χ0) is 10.7. The Morgan fingerprint density at radius 3 is 2.93 bits per heavy atom. The molecule has 0 spiro atoms. The lowest BCUT2D eigenvalue weighted by molar-refractivity contribution is 0.111. The standard InChI is InChI=1S/C11H9BrN2O/c12-10-4-2-1-3-9(10)7-14-6-5-13-11(14)8-15/h1-6,8H,7H2. The number of aromatic nitrogens is 2. The average molecular weight is 265 g/mol. The van der Waals surface area contributed by atoms with Gasteiger partial charge in [-0.05, 0) is 11.6 Å². The van der Waals surface area contributed by atoms with Gasteiger partial charge in [0.05, 0.1) is 6.54 Å². The maximum Gasteiger partial charge on any atom is 0.185 e. The minimum atomic E-state index is 0.450. The van der Waals surface area contributed by atoms with E-state index >= 15 is 0 Å². The van der Waals surface area contributed by atoms with E-state index in [1.54, 1.807) is 12.4 Å². The van der Waals surface area contributed by atoms with Crippen molar-refractivity contribution >= 4 is 22.2 Å². The van der Waals surface area contributed by atoms with Crippen LogP contribution in [0.15, 0.2) is 41.1 Å². The fourth-order valence-corrected chi connectivity index (χ4v) is 1.79. The van der Waals surface area contributed by atoms with E-state index in [1.807, 2.05) is 28.8 Å². The lowest BCUT2D eigenvalue weighted by atomic mass is 10.2. The maximum atomic E-state index is 10.7. The molecule has 1 aromatic carbocycles. The molecule has 0 bridgehead atoms. The number of benzene rings is 1. The van der Waals surface area contributed by atoms with Crippen molar-refractivity contribution in [3.63, 3.8) is 0 Å². The summed E-state index contributed by atoms with van der Waals surface area (Å²) < 4.78 is 2.85. The van der Waals surface area contributed by atoms with Crippen LogP contribution in [-0.2, 0) is 6.54 Å². The molecule has 0 unspecified atom stereocenters. The number of carbonyl (C=O) groups is 1. The Morgan fingerprint density at radius 1 is 1.40 bits per heavy atom. The molecular formula is C11H9BrN2O. The third-order valence-corrected chi connectivity index (χ3v) is 2.93. The summed E-state index contributed by atoms with van der Waals surface area (Å²) in [4.78, 5) is 14.6. The first-order valence-electron chi connectivity index (χ1n) is 4.51. The number of rotatable bonds is 3. The lowest BCUT2D eigenvalue weighted by Crippen LogP contribution is -2.03. The van der Waals surface area contributed by atoms with Gasteiger partial charge in [0.25, 0.3) is 0 Å². The molecule has 0 aliphatic heterocycles. The Bertz CT molecular complexity index is 479. The van der Waals surface area contributed by atoms with Crippen LogP contribution in [0.3, 0.4) is 0 Å². The Labute approximate surface area is 95.9 Å². The molecule has 0 saturated carbocycles. The molecule has 4 heteroatoms. The van der Waals surface area contributed by atoms with Crippen LogP contribution in [0.25, 0.3) is 0 Å². The van der Waals surface area contributed by atoms with E-state index in [4.69, 9.17) is 0 Å². The predicted octanol–water partition coefficient (Wildman–Crippen LogP) is 2.51. The second kappa shape index (κ2) is 4.40. The zero-order valence-electron chi connectivity index (χ0n) is 7.93. The van der Waals surface area contributed by atoms with Gasteiger partial charge in [-0.1, -0.05) is 34.1 Å². The summed E-state index contributed by atoms with van der Waals surface area (Å²) in [6, 6.07) is 7.92. The van der Waals surface area contributed by atoms with Crippen LogP contribution in [0.4, 0.5) is 0 Å². The number of aldehydes is 1. The van der Waals surface area contributed by atoms with Gasteiger partial charge in [-0.2, -0.15) is 0 Å². The first-order chi connectivity index (χ1) is 7.31. The van der Waals surface area contributed by atoms with Gasteiger partial charge < -0.3 is 4.57 Å². The van der Waals surface area contributed by atoms with Crippen molar-refractivity contribution < 1.29 is 4.79 Å². The number of halogens is 1. The molecule has 76 valence electrons. The Balaban J connectivity index is 2.29. The van der Waals surface area contributed by atoms with Gasteiger partial charge in [-0.25, -0.2) is 4.98 Å². The van der Waals surface area contributed by atoms with E-state index < -0.39 is 0 Å². The van der Waals surface area contributed by atoms with Crippen LogP contribution in [0.5, 0.6) is 0 Å². The summed E-state index contributed by atoms with van der Waals surface area (Å²) in [5.41, 5.74) is 1.12. The van der Waals surface area contributed by atoms with Crippen LogP contribution >= 0.6 is 15.9 Å². The monoisotopic (exact) mass is 264 g/mol. The van der Waals surface area contributed by atoms with Crippen molar-refractivity contribution in [1.82, 2.24) is 9.55 Å². The van der Waals surface area contributed by atoms with Crippen molar-refractivity contribution in [2.45, 2.75) is 6.54 Å². The third-order valence-electron chi connectivity index (χ3n) is 2.15. The van der Waals surface area contributed by atoms with Gasteiger partial charge in [0, 0.05) is 16.9 Å². The molecule has 1 aromatic heterocycles. The molecule has 0 amide bonds. The van der Waals surface area contributed by atoms with Gasteiger partial charge in [-0.15, -0.1) is 0 Å². The van der Waals surface area contributed by atoms with E-state index in [9.17, 15) is 4.79 Å². The van der Waals surface area contributed by atoms with Crippen LogP contribution in [0, 0.1) is 0 Å². The highest BCUT2D eigenvalue weighted by atomic mass is 79.9. The van der Waals surface area contributed by atoms with Crippen LogP contribution in [-0.4, -0.2) is 15.8 Å². The number of carbonyl (C=O) groups excluding carboxylic acids is 1. The average Bonchev–Trinajstić information content (AvgIpc) is 2.69. The lowest BCUT2D eigenvalue weighted by Gasteiger charge is -2.06. The molecular weight excluding hydrogens is 256 g/mol. The predicted molar refractivity (Wildman–Crippen MR) is 60.9 cm³/mol. The summed E-state index contributed by atoms with van der Waals surface area (Å²) in [5.74, 6) is 0.450. The summed E-state index contributed by atoms with van der Waals surface area (Å²) in [6.45, 7) is 0.648. The van der Waals surface area contributed by atoms with E-state index in [2.05, 4.69) is 20.9 Å². The topological polar surface area (TPSA) is 34.9 Å². The van der Waals surface area contributed by atoms with Crippen molar-refractivity contribution in [3.05, 3.63) is 52.5 Å². The van der Waals surface area contributed by atoms with Gasteiger partial charge in [0.1, 0.15) is 0 Å². The third kappa shape index (κ3) is 2.15. The van der Waals surface area contributed by atoms with E-state index in [-0.39, 0.29) is 0 Å². The number of imidazole rings is 1. The van der Waals surface area contributed by atoms with E-state index in [1.165, 1.54) is 0 Å². The van der Waals surface area contributed by atoms with Crippen molar-refractivity contribution in [2.24, 2.45) is 0 Å². The second-order valence-electron chi connectivity index (χ2n) is 3.12. The Hall–Kier alpha value is -1.42. The number of nitrogens with zero attached hydrogens (tertiary/aromatic N) is 2. The summed E-state index contributed by atoms with van der Waals surface area (Å²) in [6.07, 6.45) is 4.18. The molecule has 2 rings (SSSR count). The largest absolute Gasteiger partial charge is 0.324 e. The summed E-state index contributed by atoms with van der Waals surface area (Å²) in [5, 5.41) is 0. The summed E-state index contributed by atoms with van der Waals surface area (Å²) in [7, 11) is 0. The Morgan fingerprint density at radius 2 is 2.20 bits per heavy atom. The molecule has 1 heterocycles. The molecule has 0 fully saturated rings. The first-order valence-corrected chi connectivity index (χ1v) is 5.30. The molecule has 3 nitrogen and oxygen atoms in total. The van der Waals surface area contributed by atoms with E-state index in [0.717, 1.165) is 16.3 Å². The highest BCUT2D eigenvalue weighted by Crippen LogP contribution is 2.17. The first kappa shape index (κ1) is 10.1. The molecule has 0 saturated heterocycles. The number of hydrogen-bond donors (Lipinski definition) is 0. The quantitative estimate of drug-likeness (QED) is 0.799. The molecule has 2 aromatic rings. The molecule has 0 N–H and O–H groups in total. The smallest absolute Gasteiger partial charge is 0.185 e. The van der Waals surface area contributed by atoms with Crippen molar-refractivity contribution in [2.75, 3.05) is 0 Å². The fraction of sp³-hybridized carbons (Fsp3) is 0.0909. The molecule has 0 radical (unpaired) electrons. The van der Waals surface area contributed by atoms with Gasteiger partial charge in [0.15, 0.2) is 12.1 Å². The van der Waals surface area contributed by atoms with E-state index in [0.29, 0.717) is 12.4 Å². The molecule has 0 aliphatic rings. The SMILES string of the molecule is O=Cc1nccn1Cc1ccccc1Br. The highest BCUT2D eigenvalue weighted by molar-refractivity contribution is 9.10. The van der Waals surface area contributed by atoms with Gasteiger partial charge in [0.2, 0.25) is 0 Å². The minimum absolute atomic E-state index is 0.450. The molecule has 15 heavy (non-hydrogen) atoms. The number of hydrogen-bond acceptors (Lipinski definition) is 2. The maximum absolute atomic E-state index is 10.7.